The van der Waals surface area contributed by atoms with Crippen molar-refractivity contribution in [3.8, 4) is 0 Å². The number of aromatic nitrogens is 2. The molecule has 27 heavy (non-hydrogen) atoms. The third-order valence-corrected chi connectivity index (χ3v) is 5.93. The first-order valence-electron chi connectivity index (χ1n) is 9.94. The predicted molar refractivity (Wildman–Crippen MR) is 112 cm³/mol. The standard InChI is InChI=1S/C21H30N6/c1-17-5-4-6-19(18(17)2)25-13-15-26(16-14-25)20-7-8-22-21(23-20)27-11-9-24(3)10-12-27/h4-8H,9-16H2,1-3H3. The summed E-state index contributed by atoms with van der Waals surface area (Å²) in [5, 5.41) is 0. The van der Waals surface area contributed by atoms with Crippen LogP contribution in [0.15, 0.2) is 30.5 Å². The molecule has 144 valence electrons. The smallest absolute Gasteiger partial charge is 0.227 e. The highest BCUT2D eigenvalue weighted by Gasteiger charge is 2.22. The quantitative estimate of drug-likeness (QED) is 0.829. The van der Waals surface area contributed by atoms with Gasteiger partial charge in [-0.25, -0.2) is 4.98 Å². The van der Waals surface area contributed by atoms with Gasteiger partial charge >= 0.3 is 0 Å². The SMILES string of the molecule is Cc1cccc(N2CCN(c3ccnc(N4CCN(C)CC4)n3)CC2)c1C. The molecule has 1 aromatic carbocycles. The number of hydrogen-bond acceptors (Lipinski definition) is 6. The summed E-state index contributed by atoms with van der Waals surface area (Å²) in [7, 11) is 2.17. The minimum Gasteiger partial charge on any atom is -0.368 e. The molecular formula is C21H30N6. The Morgan fingerprint density at radius 2 is 1.44 bits per heavy atom. The molecule has 0 radical (unpaired) electrons. The normalized spacial score (nSPS) is 18.9. The van der Waals surface area contributed by atoms with Crippen molar-refractivity contribution in [2.24, 2.45) is 0 Å². The van der Waals surface area contributed by atoms with Crippen molar-refractivity contribution in [1.82, 2.24) is 14.9 Å². The van der Waals surface area contributed by atoms with Gasteiger partial charge < -0.3 is 19.6 Å². The van der Waals surface area contributed by atoms with Gasteiger partial charge in [0.05, 0.1) is 0 Å². The molecule has 3 heterocycles. The summed E-state index contributed by atoms with van der Waals surface area (Å²) < 4.78 is 0. The van der Waals surface area contributed by atoms with E-state index < -0.39 is 0 Å². The third kappa shape index (κ3) is 3.86. The summed E-state index contributed by atoms with van der Waals surface area (Å²) in [6.45, 7) is 12.6. The molecule has 6 heteroatoms. The van der Waals surface area contributed by atoms with E-state index in [-0.39, 0.29) is 0 Å². The Morgan fingerprint density at radius 3 is 2.19 bits per heavy atom. The van der Waals surface area contributed by atoms with Gasteiger partial charge in [-0.3, -0.25) is 0 Å². The summed E-state index contributed by atoms with van der Waals surface area (Å²) in [5.74, 6) is 1.93. The summed E-state index contributed by atoms with van der Waals surface area (Å²) in [4.78, 5) is 19.0. The first-order chi connectivity index (χ1) is 13.1. The van der Waals surface area contributed by atoms with Crippen LogP contribution in [-0.4, -0.2) is 74.3 Å². The van der Waals surface area contributed by atoms with Gasteiger partial charge in [0, 0.05) is 64.2 Å². The number of rotatable bonds is 3. The van der Waals surface area contributed by atoms with Gasteiger partial charge in [-0.15, -0.1) is 0 Å². The van der Waals surface area contributed by atoms with Crippen molar-refractivity contribution in [3.05, 3.63) is 41.6 Å². The molecule has 0 N–H and O–H groups in total. The van der Waals surface area contributed by atoms with Gasteiger partial charge in [0.15, 0.2) is 0 Å². The molecule has 1 aromatic heterocycles. The van der Waals surface area contributed by atoms with Gasteiger partial charge in [0.1, 0.15) is 5.82 Å². The van der Waals surface area contributed by atoms with Gasteiger partial charge in [-0.05, 0) is 44.2 Å². The minimum absolute atomic E-state index is 0.873. The molecular weight excluding hydrogens is 336 g/mol. The zero-order valence-electron chi connectivity index (χ0n) is 16.7. The lowest BCUT2D eigenvalue weighted by atomic mass is 10.1. The fraction of sp³-hybridized carbons (Fsp3) is 0.524. The number of hydrogen-bond donors (Lipinski definition) is 0. The molecule has 6 nitrogen and oxygen atoms in total. The number of piperazine rings is 2. The Labute approximate surface area is 162 Å². The van der Waals surface area contributed by atoms with Crippen molar-refractivity contribution in [2.45, 2.75) is 13.8 Å². The van der Waals surface area contributed by atoms with E-state index in [1.807, 2.05) is 12.3 Å². The molecule has 0 unspecified atom stereocenters. The second kappa shape index (κ2) is 7.72. The van der Waals surface area contributed by atoms with E-state index in [1.54, 1.807) is 0 Å². The maximum absolute atomic E-state index is 4.88. The number of likely N-dealkylation sites (N-methyl/N-ethyl adjacent to an activating group) is 1. The van der Waals surface area contributed by atoms with Gasteiger partial charge in [-0.2, -0.15) is 4.98 Å². The molecule has 2 aliphatic rings. The highest BCUT2D eigenvalue weighted by atomic mass is 15.3. The number of aryl methyl sites for hydroxylation is 1. The third-order valence-electron chi connectivity index (χ3n) is 5.93. The van der Waals surface area contributed by atoms with E-state index in [4.69, 9.17) is 4.98 Å². The number of benzene rings is 1. The molecule has 0 atom stereocenters. The fourth-order valence-electron chi connectivity index (χ4n) is 3.93. The monoisotopic (exact) mass is 366 g/mol. The molecule has 0 spiro atoms. The van der Waals surface area contributed by atoms with E-state index in [0.29, 0.717) is 0 Å². The minimum atomic E-state index is 0.873. The topological polar surface area (TPSA) is 38.7 Å². The van der Waals surface area contributed by atoms with Crippen LogP contribution in [0, 0.1) is 13.8 Å². The lowest BCUT2D eigenvalue weighted by Gasteiger charge is -2.38. The highest BCUT2D eigenvalue weighted by Crippen LogP contribution is 2.25. The zero-order chi connectivity index (χ0) is 18.8. The Bertz CT molecular complexity index is 776. The summed E-state index contributed by atoms with van der Waals surface area (Å²) in [5.41, 5.74) is 4.13. The lowest BCUT2D eigenvalue weighted by Crippen LogP contribution is -2.47. The average molecular weight is 367 g/mol. The van der Waals surface area contributed by atoms with Crippen molar-refractivity contribution < 1.29 is 0 Å². The van der Waals surface area contributed by atoms with E-state index in [9.17, 15) is 0 Å². The summed E-state index contributed by atoms with van der Waals surface area (Å²) in [6.07, 6.45) is 1.91. The van der Waals surface area contributed by atoms with Gasteiger partial charge in [-0.1, -0.05) is 12.1 Å². The van der Waals surface area contributed by atoms with Crippen LogP contribution >= 0.6 is 0 Å². The van der Waals surface area contributed by atoms with Crippen LogP contribution in [0.3, 0.4) is 0 Å². The maximum Gasteiger partial charge on any atom is 0.227 e. The molecule has 0 bridgehead atoms. The molecule has 2 saturated heterocycles. The highest BCUT2D eigenvalue weighted by molar-refractivity contribution is 5.57. The zero-order valence-corrected chi connectivity index (χ0v) is 16.7. The summed E-state index contributed by atoms with van der Waals surface area (Å²) in [6, 6.07) is 8.65. The molecule has 0 aliphatic carbocycles. The van der Waals surface area contributed by atoms with Gasteiger partial charge in [0.2, 0.25) is 5.95 Å². The van der Waals surface area contributed by atoms with Crippen LogP contribution in [-0.2, 0) is 0 Å². The largest absolute Gasteiger partial charge is 0.368 e. The Balaban J connectivity index is 1.42. The second-order valence-electron chi connectivity index (χ2n) is 7.70. The second-order valence-corrected chi connectivity index (χ2v) is 7.70. The molecule has 2 aromatic rings. The van der Waals surface area contributed by atoms with E-state index >= 15 is 0 Å². The van der Waals surface area contributed by atoms with Gasteiger partial charge in [0.25, 0.3) is 0 Å². The average Bonchev–Trinajstić information content (AvgIpc) is 2.71. The van der Waals surface area contributed by atoms with Crippen LogP contribution < -0.4 is 14.7 Å². The Morgan fingerprint density at radius 1 is 0.778 bits per heavy atom. The fourth-order valence-corrected chi connectivity index (χ4v) is 3.93. The van der Waals surface area contributed by atoms with Crippen molar-refractivity contribution in [3.63, 3.8) is 0 Å². The first-order valence-corrected chi connectivity index (χ1v) is 9.94. The van der Waals surface area contributed by atoms with E-state index in [1.165, 1.54) is 16.8 Å². The Hall–Kier alpha value is -2.34. The lowest BCUT2D eigenvalue weighted by molar-refractivity contribution is 0.311. The van der Waals surface area contributed by atoms with E-state index in [2.05, 4.69) is 63.7 Å². The number of anilines is 3. The predicted octanol–water partition coefficient (Wildman–Crippen LogP) is 2.17. The van der Waals surface area contributed by atoms with Crippen molar-refractivity contribution in [1.29, 1.82) is 0 Å². The van der Waals surface area contributed by atoms with Crippen LogP contribution in [0.25, 0.3) is 0 Å². The molecule has 4 rings (SSSR count). The van der Waals surface area contributed by atoms with Crippen molar-refractivity contribution >= 4 is 17.5 Å². The van der Waals surface area contributed by atoms with Crippen molar-refractivity contribution in [2.75, 3.05) is 74.1 Å². The molecule has 0 saturated carbocycles. The van der Waals surface area contributed by atoms with E-state index in [0.717, 1.165) is 64.1 Å². The van der Waals surface area contributed by atoms with Crippen LogP contribution in [0.4, 0.5) is 17.5 Å². The molecule has 2 fully saturated rings. The van der Waals surface area contributed by atoms with Crippen LogP contribution in [0.1, 0.15) is 11.1 Å². The molecule has 0 amide bonds. The summed E-state index contributed by atoms with van der Waals surface area (Å²) >= 11 is 0. The molecule has 2 aliphatic heterocycles. The first kappa shape index (κ1) is 18.0. The number of nitrogens with zero attached hydrogens (tertiary/aromatic N) is 6. The van der Waals surface area contributed by atoms with Crippen LogP contribution in [0.2, 0.25) is 0 Å². The maximum atomic E-state index is 4.88. The van der Waals surface area contributed by atoms with Crippen LogP contribution in [0.5, 0.6) is 0 Å². The Kier molecular flexibility index (Phi) is 5.16.